The number of benzene rings is 2. The lowest BCUT2D eigenvalue weighted by Gasteiger charge is -2.29. The van der Waals surface area contributed by atoms with Gasteiger partial charge in [-0.1, -0.05) is 23.7 Å². The van der Waals surface area contributed by atoms with Crippen LogP contribution in [-0.2, 0) is 16.6 Å². The van der Waals surface area contributed by atoms with Crippen LogP contribution in [0.2, 0.25) is 5.02 Å². The van der Waals surface area contributed by atoms with Crippen molar-refractivity contribution < 1.29 is 17.6 Å². The summed E-state index contributed by atoms with van der Waals surface area (Å²) in [6.45, 7) is -0.0879. The molecule has 0 radical (unpaired) electrons. The second-order valence-corrected chi connectivity index (χ2v) is 9.45. The van der Waals surface area contributed by atoms with Gasteiger partial charge in [-0.05, 0) is 53.4 Å². The van der Waals surface area contributed by atoms with E-state index in [9.17, 15) is 17.6 Å². The molecule has 0 aliphatic carbocycles. The number of Topliss-reactive ketones (excluding diaryl/α,β-unsaturated/α-hetero) is 1. The first-order valence-electron chi connectivity index (χ1n) is 8.48. The van der Waals surface area contributed by atoms with Crippen LogP contribution in [0.15, 0.2) is 71.1 Å². The average molecular weight is 449 g/mol. The Balaban J connectivity index is 1.74. The quantitative estimate of drug-likeness (QED) is 0.568. The van der Waals surface area contributed by atoms with Gasteiger partial charge >= 0.3 is 0 Å². The number of nitrogens with zero attached hydrogens (tertiary/aromatic N) is 1. The molecule has 0 bridgehead atoms. The number of allylic oxidation sites excluding steroid dienone is 1. The first-order chi connectivity index (χ1) is 13.9. The molecule has 0 amide bonds. The van der Waals surface area contributed by atoms with E-state index in [-0.39, 0.29) is 11.4 Å². The van der Waals surface area contributed by atoms with E-state index in [1.807, 2.05) is 0 Å². The van der Waals surface area contributed by atoms with E-state index in [4.69, 9.17) is 11.6 Å². The zero-order valence-electron chi connectivity index (χ0n) is 14.8. The Labute approximate surface area is 176 Å². The number of rotatable bonds is 4. The smallest absolute Gasteiger partial charge is 0.270 e. The number of halogens is 2. The molecule has 0 unspecified atom stereocenters. The van der Waals surface area contributed by atoms with Crippen molar-refractivity contribution in [2.45, 2.75) is 6.54 Å². The SMILES string of the molecule is O=C1C(=CNc2ccc(Cl)cc2)S(=O)(=O)N(Cc2cccc(F)c2)c2ccsc21. The van der Waals surface area contributed by atoms with E-state index in [0.717, 1.165) is 15.6 Å². The van der Waals surface area contributed by atoms with Gasteiger partial charge in [0.05, 0.1) is 12.2 Å². The summed E-state index contributed by atoms with van der Waals surface area (Å²) in [4.78, 5) is 12.8. The van der Waals surface area contributed by atoms with Gasteiger partial charge in [0.2, 0.25) is 5.78 Å². The van der Waals surface area contributed by atoms with Gasteiger partial charge in [0, 0.05) is 16.9 Å². The Bertz CT molecular complexity index is 1220. The minimum absolute atomic E-state index is 0.0879. The standard InChI is InChI=1S/C20H14ClFN2O3S2/c21-14-4-6-16(7-5-14)23-11-18-19(25)20-17(8-9-28-20)24(29(18,26)27)12-13-2-1-3-15(22)10-13/h1-11,23H,12H2. The number of nitrogens with one attached hydrogen (secondary N) is 1. The molecule has 1 N–H and O–H groups in total. The largest absolute Gasteiger partial charge is 0.360 e. The molecule has 4 rings (SSSR count). The summed E-state index contributed by atoms with van der Waals surface area (Å²) in [7, 11) is -4.15. The van der Waals surface area contributed by atoms with Gasteiger partial charge < -0.3 is 5.32 Å². The normalized spacial score (nSPS) is 16.7. The summed E-state index contributed by atoms with van der Waals surface area (Å²) in [6.07, 6.45) is 1.18. The highest BCUT2D eigenvalue weighted by molar-refractivity contribution is 7.97. The third-order valence-electron chi connectivity index (χ3n) is 4.34. The molecule has 29 heavy (non-hydrogen) atoms. The Hall–Kier alpha value is -2.68. The second-order valence-electron chi connectivity index (χ2n) is 6.27. The zero-order valence-corrected chi connectivity index (χ0v) is 17.2. The molecule has 0 saturated carbocycles. The number of thiophene rings is 1. The molecule has 2 heterocycles. The maximum atomic E-state index is 13.6. The number of carbonyl (C=O) groups excluding carboxylic acids is 1. The van der Waals surface area contributed by atoms with Crippen LogP contribution >= 0.6 is 22.9 Å². The molecule has 1 aliphatic rings. The number of hydrogen-bond acceptors (Lipinski definition) is 5. The molecule has 0 fully saturated rings. The van der Waals surface area contributed by atoms with Crippen LogP contribution in [0, 0.1) is 5.82 Å². The summed E-state index contributed by atoms with van der Waals surface area (Å²) in [5, 5.41) is 5.04. The van der Waals surface area contributed by atoms with Crippen LogP contribution in [0.3, 0.4) is 0 Å². The molecule has 1 aliphatic heterocycles. The minimum Gasteiger partial charge on any atom is -0.360 e. The van der Waals surface area contributed by atoms with Crippen LogP contribution in [0.4, 0.5) is 15.8 Å². The van der Waals surface area contributed by atoms with Crippen molar-refractivity contribution >= 4 is 50.1 Å². The second kappa shape index (κ2) is 7.62. The van der Waals surface area contributed by atoms with Crippen LogP contribution < -0.4 is 9.62 Å². The van der Waals surface area contributed by atoms with E-state index in [0.29, 0.717) is 26.8 Å². The predicted octanol–water partition coefficient (Wildman–Crippen LogP) is 5.03. The fourth-order valence-electron chi connectivity index (χ4n) is 2.95. The van der Waals surface area contributed by atoms with Gasteiger partial charge in [-0.25, -0.2) is 12.8 Å². The van der Waals surface area contributed by atoms with Gasteiger partial charge in [-0.3, -0.25) is 9.10 Å². The fourth-order valence-corrected chi connectivity index (χ4v) is 5.56. The number of ketones is 1. The maximum Gasteiger partial charge on any atom is 0.270 e. The molecular formula is C20H14ClFN2O3S2. The summed E-state index contributed by atoms with van der Waals surface area (Å²) >= 11 is 7.02. The van der Waals surface area contributed by atoms with E-state index in [2.05, 4.69) is 5.32 Å². The number of anilines is 2. The van der Waals surface area contributed by atoms with E-state index in [1.54, 1.807) is 41.8 Å². The Kier molecular flexibility index (Phi) is 5.16. The van der Waals surface area contributed by atoms with Crippen molar-refractivity contribution in [2.24, 2.45) is 0 Å². The highest BCUT2D eigenvalue weighted by atomic mass is 35.5. The number of carbonyl (C=O) groups is 1. The molecule has 2 aromatic carbocycles. The van der Waals surface area contributed by atoms with Gasteiger partial charge in [0.25, 0.3) is 10.0 Å². The molecule has 0 atom stereocenters. The Morgan fingerprint density at radius 3 is 2.62 bits per heavy atom. The lowest BCUT2D eigenvalue weighted by Crippen LogP contribution is -2.38. The van der Waals surface area contributed by atoms with E-state index in [1.165, 1.54) is 24.4 Å². The summed E-state index contributed by atoms with van der Waals surface area (Å²) in [6, 6.07) is 13.9. The summed E-state index contributed by atoms with van der Waals surface area (Å²) in [5.41, 5.74) is 1.36. The lowest BCUT2D eigenvalue weighted by atomic mass is 10.2. The molecule has 148 valence electrons. The minimum atomic E-state index is -4.15. The average Bonchev–Trinajstić information content (AvgIpc) is 3.16. The highest BCUT2D eigenvalue weighted by Gasteiger charge is 2.41. The maximum absolute atomic E-state index is 13.6. The van der Waals surface area contributed by atoms with Crippen molar-refractivity contribution in [2.75, 3.05) is 9.62 Å². The highest BCUT2D eigenvalue weighted by Crippen LogP contribution is 2.39. The van der Waals surface area contributed by atoms with Crippen LogP contribution in [0.1, 0.15) is 15.2 Å². The third-order valence-corrected chi connectivity index (χ3v) is 7.26. The van der Waals surface area contributed by atoms with E-state index >= 15 is 0 Å². The number of sulfonamides is 1. The van der Waals surface area contributed by atoms with Crippen LogP contribution in [-0.4, -0.2) is 14.2 Å². The molecule has 0 saturated heterocycles. The molecule has 5 nitrogen and oxygen atoms in total. The number of hydrogen-bond donors (Lipinski definition) is 1. The summed E-state index contributed by atoms with van der Waals surface area (Å²) in [5.74, 6) is -1.04. The predicted molar refractivity (Wildman–Crippen MR) is 113 cm³/mol. The molecule has 9 heteroatoms. The van der Waals surface area contributed by atoms with Gasteiger partial charge in [-0.2, -0.15) is 0 Å². The fraction of sp³-hybridized carbons (Fsp3) is 0.0500. The van der Waals surface area contributed by atoms with Gasteiger partial charge in [0.1, 0.15) is 10.7 Å². The Morgan fingerprint density at radius 1 is 1.14 bits per heavy atom. The molecule has 1 aromatic heterocycles. The summed E-state index contributed by atoms with van der Waals surface area (Å²) < 4.78 is 41.2. The van der Waals surface area contributed by atoms with Crippen LogP contribution in [0.5, 0.6) is 0 Å². The molecular weight excluding hydrogens is 435 g/mol. The molecule has 0 spiro atoms. The van der Waals surface area contributed by atoms with Crippen molar-refractivity contribution in [1.29, 1.82) is 0 Å². The monoisotopic (exact) mass is 448 g/mol. The molecule has 3 aromatic rings. The van der Waals surface area contributed by atoms with Crippen molar-refractivity contribution in [3.8, 4) is 0 Å². The topological polar surface area (TPSA) is 66.5 Å². The first-order valence-corrected chi connectivity index (χ1v) is 11.2. The lowest BCUT2D eigenvalue weighted by molar-refractivity contribution is 0.104. The van der Waals surface area contributed by atoms with E-state index < -0.39 is 21.6 Å². The van der Waals surface area contributed by atoms with Crippen molar-refractivity contribution in [3.63, 3.8) is 0 Å². The zero-order chi connectivity index (χ0) is 20.6. The third kappa shape index (κ3) is 3.78. The van der Waals surface area contributed by atoms with Crippen molar-refractivity contribution in [3.05, 3.63) is 92.4 Å². The first kappa shape index (κ1) is 19.6. The van der Waals surface area contributed by atoms with Crippen molar-refractivity contribution in [1.82, 2.24) is 0 Å². The van der Waals surface area contributed by atoms with Gasteiger partial charge in [0.15, 0.2) is 4.91 Å². The van der Waals surface area contributed by atoms with Crippen LogP contribution in [0.25, 0.3) is 0 Å². The number of fused-ring (bicyclic) bond motifs is 1. The Morgan fingerprint density at radius 2 is 1.90 bits per heavy atom. The van der Waals surface area contributed by atoms with Gasteiger partial charge in [-0.15, -0.1) is 11.3 Å².